The van der Waals surface area contributed by atoms with E-state index in [4.69, 9.17) is 9.57 Å². The summed E-state index contributed by atoms with van der Waals surface area (Å²) in [5, 5.41) is 3.53. The van der Waals surface area contributed by atoms with Gasteiger partial charge < -0.3 is 9.57 Å². The predicted molar refractivity (Wildman–Crippen MR) is 34.6 cm³/mol. The summed E-state index contributed by atoms with van der Waals surface area (Å²) < 4.78 is 4.76. The summed E-state index contributed by atoms with van der Waals surface area (Å²) in [6.45, 7) is 1.47. The van der Waals surface area contributed by atoms with Crippen LogP contribution in [-0.2, 0) is 14.4 Å². The first kappa shape index (κ1) is 7.05. The molecule has 0 bridgehead atoms. The molecule has 1 unspecified atom stereocenters. The zero-order chi connectivity index (χ0) is 7.56. The topological polar surface area (TPSA) is 47.9 Å². The lowest BCUT2D eigenvalue weighted by Gasteiger charge is -1.99. The highest BCUT2D eigenvalue weighted by Crippen LogP contribution is 2.10. The summed E-state index contributed by atoms with van der Waals surface area (Å²) in [6.07, 6.45) is 0.0428. The number of Topliss-reactive ketones (excluding diaryl/α,β-unsaturated/α-hetero) is 1. The Bertz CT molecular complexity index is 176. The predicted octanol–water partition coefficient (Wildman–Crippen LogP) is 0.324. The van der Waals surface area contributed by atoms with E-state index in [2.05, 4.69) is 5.16 Å². The van der Waals surface area contributed by atoms with Gasteiger partial charge in [0.15, 0.2) is 11.9 Å². The summed E-state index contributed by atoms with van der Waals surface area (Å²) in [7, 11) is 1.50. The molecule has 0 radical (unpaired) electrons. The van der Waals surface area contributed by atoms with Gasteiger partial charge in [0, 0.05) is 0 Å². The third-order valence-corrected chi connectivity index (χ3v) is 1.33. The number of methoxy groups -OCH3 is 1. The van der Waals surface area contributed by atoms with Gasteiger partial charge in [0.05, 0.1) is 13.5 Å². The maximum atomic E-state index is 10.7. The van der Waals surface area contributed by atoms with Gasteiger partial charge in [-0.2, -0.15) is 0 Å². The fraction of sp³-hybridized carbons (Fsp3) is 0.667. The number of ketones is 1. The Hall–Kier alpha value is -1.06. The third-order valence-electron chi connectivity index (χ3n) is 1.33. The Morgan fingerprint density at radius 1 is 1.90 bits per heavy atom. The summed E-state index contributed by atoms with van der Waals surface area (Å²) >= 11 is 0. The van der Waals surface area contributed by atoms with Crippen LogP contribution in [0.1, 0.15) is 13.3 Å². The van der Waals surface area contributed by atoms with Crippen molar-refractivity contribution in [2.75, 3.05) is 7.11 Å². The highest BCUT2D eigenvalue weighted by atomic mass is 16.7. The molecule has 0 N–H and O–H groups in total. The molecule has 56 valence electrons. The normalized spacial score (nSPS) is 23.4. The van der Waals surface area contributed by atoms with Crippen molar-refractivity contribution in [3.63, 3.8) is 0 Å². The second kappa shape index (κ2) is 2.68. The molecule has 1 atom stereocenters. The number of hydrogen-bond acceptors (Lipinski definition) is 4. The van der Waals surface area contributed by atoms with E-state index in [1.807, 2.05) is 0 Å². The van der Waals surface area contributed by atoms with Crippen molar-refractivity contribution in [1.29, 1.82) is 0 Å². The molecule has 0 aromatic rings. The van der Waals surface area contributed by atoms with Crippen LogP contribution in [0.5, 0.6) is 0 Å². The number of carbonyl (C=O) groups excluding carboxylic acids is 1. The SMILES string of the molecule is COC1=NOC(C(C)=O)C1. The van der Waals surface area contributed by atoms with E-state index in [0.29, 0.717) is 12.3 Å². The fourth-order valence-electron chi connectivity index (χ4n) is 0.694. The maximum Gasteiger partial charge on any atom is 0.229 e. The smallest absolute Gasteiger partial charge is 0.229 e. The standard InChI is InChI=1S/C6H9NO3/c1-4(8)5-3-6(9-2)7-10-5/h5H,3H2,1-2H3. The summed E-state index contributed by atoms with van der Waals surface area (Å²) in [5.74, 6) is 0.469. The highest BCUT2D eigenvalue weighted by molar-refractivity contribution is 5.88. The van der Waals surface area contributed by atoms with Crippen LogP contribution in [0.3, 0.4) is 0 Å². The van der Waals surface area contributed by atoms with E-state index in [0.717, 1.165) is 0 Å². The average molecular weight is 143 g/mol. The molecule has 10 heavy (non-hydrogen) atoms. The molecule has 1 heterocycles. The Morgan fingerprint density at radius 2 is 2.60 bits per heavy atom. The highest BCUT2D eigenvalue weighted by Gasteiger charge is 2.25. The lowest BCUT2D eigenvalue weighted by Crippen LogP contribution is -2.17. The minimum absolute atomic E-state index is 0.0178. The molecular weight excluding hydrogens is 134 g/mol. The van der Waals surface area contributed by atoms with Crippen molar-refractivity contribution in [1.82, 2.24) is 0 Å². The van der Waals surface area contributed by atoms with Crippen LogP contribution in [0, 0.1) is 0 Å². The van der Waals surface area contributed by atoms with Crippen molar-refractivity contribution in [3.05, 3.63) is 0 Å². The molecule has 4 nitrogen and oxygen atoms in total. The molecule has 1 aliphatic rings. The van der Waals surface area contributed by atoms with Crippen molar-refractivity contribution in [3.8, 4) is 0 Å². The molecular formula is C6H9NO3. The monoisotopic (exact) mass is 143 g/mol. The van der Waals surface area contributed by atoms with Crippen LogP contribution in [0.2, 0.25) is 0 Å². The number of oxime groups is 1. The zero-order valence-corrected chi connectivity index (χ0v) is 5.96. The van der Waals surface area contributed by atoms with Gasteiger partial charge in [-0.3, -0.25) is 4.79 Å². The summed E-state index contributed by atoms with van der Waals surface area (Å²) in [6, 6.07) is 0. The molecule has 0 saturated carbocycles. The van der Waals surface area contributed by atoms with Gasteiger partial charge in [-0.25, -0.2) is 0 Å². The van der Waals surface area contributed by atoms with Crippen LogP contribution < -0.4 is 0 Å². The van der Waals surface area contributed by atoms with Crippen molar-refractivity contribution < 1.29 is 14.4 Å². The number of ether oxygens (including phenoxy) is 1. The molecule has 0 aromatic heterocycles. The van der Waals surface area contributed by atoms with Gasteiger partial charge in [-0.1, -0.05) is 5.16 Å². The number of rotatable bonds is 1. The van der Waals surface area contributed by atoms with Crippen molar-refractivity contribution in [2.45, 2.75) is 19.4 Å². The fourth-order valence-corrected chi connectivity index (χ4v) is 0.694. The number of nitrogens with zero attached hydrogens (tertiary/aromatic N) is 1. The minimum atomic E-state index is -0.421. The summed E-state index contributed by atoms with van der Waals surface area (Å²) in [5.41, 5.74) is 0. The molecule has 1 rings (SSSR count). The van der Waals surface area contributed by atoms with E-state index >= 15 is 0 Å². The van der Waals surface area contributed by atoms with Crippen molar-refractivity contribution in [2.24, 2.45) is 5.16 Å². The van der Waals surface area contributed by atoms with Gasteiger partial charge in [-0.15, -0.1) is 0 Å². The van der Waals surface area contributed by atoms with Gasteiger partial charge in [-0.05, 0) is 6.92 Å². The van der Waals surface area contributed by atoms with Crippen LogP contribution in [-0.4, -0.2) is 24.9 Å². The second-order valence-corrected chi connectivity index (χ2v) is 2.10. The Balaban J connectivity index is 2.43. The lowest BCUT2D eigenvalue weighted by atomic mass is 10.2. The van der Waals surface area contributed by atoms with Crippen LogP contribution in [0.15, 0.2) is 5.16 Å². The van der Waals surface area contributed by atoms with Gasteiger partial charge in [0.2, 0.25) is 5.90 Å². The van der Waals surface area contributed by atoms with Crippen LogP contribution in [0.25, 0.3) is 0 Å². The Morgan fingerprint density at radius 3 is 2.90 bits per heavy atom. The molecule has 0 aliphatic carbocycles. The first-order valence-corrected chi connectivity index (χ1v) is 3.01. The van der Waals surface area contributed by atoms with E-state index < -0.39 is 6.10 Å². The molecule has 0 saturated heterocycles. The molecule has 0 amide bonds. The number of hydrogen-bond donors (Lipinski definition) is 0. The molecule has 0 aromatic carbocycles. The van der Waals surface area contributed by atoms with E-state index in [1.165, 1.54) is 14.0 Å². The van der Waals surface area contributed by atoms with Gasteiger partial charge in [0.25, 0.3) is 0 Å². The largest absolute Gasteiger partial charge is 0.482 e. The van der Waals surface area contributed by atoms with Gasteiger partial charge in [0.1, 0.15) is 0 Å². The van der Waals surface area contributed by atoms with E-state index in [1.54, 1.807) is 0 Å². The quantitative estimate of drug-likeness (QED) is 0.531. The Labute approximate surface area is 58.8 Å². The zero-order valence-electron chi connectivity index (χ0n) is 5.96. The number of carbonyl (C=O) groups is 1. The van der Waals surface area contributed by atoms with Gasteiger partial charge >= 0.3 is 0 Å². The average Bonchev–Trinajstić information content (AvgIpc) is 2.34. The lowest BCUT2D eigenvalue weighted by molar-refractivity contribution is -0.126. The van der Waals surface area contributed by atoms with E-state index in [9.17, 15) is 4.79 Å². The maximum absolute atomic E-state index is 10.7. The van der Waals surface area contributed by atoms with Crippen LogP contribution >= 0.6 is 0 Å². The molecule has 1 aliphatic heterocycles. The first-order chi connectivity index (χ1) is 4.74. The molecule has 0 fully saturated rings. The van der Waals surface area contributed by atoms with Crippen molar-refractivity contribution >= 4 is 11.7 Å². The molecule has 0 spiro atoms. The molecule has 4 heteroatoms. The minimum Gasteiger partial charge on any atom is -0.482 e. The Kier molecular flexibility index (Phi) is 1.89. The van der Waals surface area contributed by atoms with E-state index in [-0.39, 0.29) is 5.78 Å². The van der Waals surface area contributed by atoms with Crippen LogP contribution in [0.4, 0.5) is 0 Å². The summed E-state index contributed by atoms with van der Waals surface area (Å²) in [4.78, 5) is 15.4. The first-order valence-electron chi connectivity index (χ1n) is 3.01. The second-order valence-electron chi connectivity index (χ2n) is 2.10. The third kappa shape index (κ3) is 1.26.